The molecule has 3 rings (SSSR count). The molecule has 2 aromatic rings. The Hall–Kier alpha value is -1.89. The molecule has 2 unspecified atom stereocenters. The molecule has 0 fully saturated rings. The highest BCUT2D eigenvalue weighted by Crippen LogP contribution is 2.30. The number of nitrogens with one attached hydrogen (secondary N) is 1. The Morgan fingerprint density at radius 1 is 1.26 bits per heavy atom. The van der Waals surface area contributed by atoms with Crippen molar-refractivity contribution >= 4 is 10.0 Å². The highest BCUT2D eigenvalue weighted by molar-refractivity contribution is 7.89. The Bertz CT molecular complexity index is 791. The summed E-state index contributed by atoms with van der Waals surface area (Å²) in [5.41, 5.74) is 7.86. The van der Waals surface area contributed by atoms with Crippen molar-refractivity contribution in [2.45, 2.75) is 30.4 Å². The predicted octanol–water partition coefficient (Wildman–Crippen LogP) is 1.99. The lowest BCUT2D eigenvalue weighted by Gasteiger charge is -2.14. The lowest BCUT2D eigenvalue weighted by Crippen LogP contribution is -2.32. The zero-order valence-electron chi connectivity index (χ0n) is 12.9. The van der Waals surface area contributed by atoms with Crippen LogP contribution in [0.4, 0.5) is 0 Å². The summed E-state index contributed by atoms with van der Waals surface area (Å²) in [7, 11) is -3.59. The smallest absolute Gasteiger partial charge is 0.240 e. The zero-order chi connectivity index (χ0) is 16.4. The lowest BCUT2D eigenvalue weighted by molar-refractivity contribution is 0.254. The first-order chi connectivity index (χ1) is 11.0. The van der Waals surface area contributed by atoms with Crippen molar-refractivity contribution in [1.29, 1.82) is 0 Å². The SMILES string of the molecule is CC1Cc2cc(S(=O)(=O)NCC(N)c3ccccc3)ccc2O1. The molecule has 0 radical (unpaired) electrons. The van der Waals surface area contributed by atoms with Crippen molar-refractivity contribution in [3.05, 3.63) is 59.7 Å². The van der Waals surface area contributed by atoms with Gasteiger partial charge in [-0.3, -0.25) is 0 Å². The fourth-order valence-electron chi connectivity index (χ4n) is 2.67. The standard InChI is InChI=1S/C17H20N2O3S/c1-12-9-14-10-15(7-8-17(14)22-12)23(20,21)19-11-16(18)13-5-3-2-4-6-13/h2-8,10,12,16,19H,9,11,18H2,1H3. The number of hydrogen-bond donors (Lipinski definition) is 2. The summed E-state index contributed by atoms with van der Waals surface area (Å²) in [6, 6.07) is 14.0. The first kappa shape index (κ1) is 16.0. The molecular formula is C17H20N2O3S. The van der Waals surface area contributed by atoms with Crippen LogP contribution in [0, 0.1) is 0 Å². The van der Waals surface area contributed by atoms with E-state index in [-0.39, 0.29) is 23.6 Å². The Balaban J connectivity index is 1.71. The van der Waals surface area contributed by atoms with Gasteiger partial charge in [-0.1, -0.05) is 30.3 Å². The van der Waals surface area contributed by atoms with E-state index >= 15 is 0 Å². The molecule has 1 aliphatic heterocycles. The number of sulfonamides is 1. The van der Waals surface area contributed by atoms with Gasteiger partial charge in [-0.15, -0.1) is 0 Å². The number of benzene rings is 2. The Kier molecular flexibility index (Phi) is 4.39. The van der Waals surface area contributed by atoms with Crippen molar-refractivity contribution in [3.63, 3.8) is 0 Å². The molecule has 2 aromatic carbocycles. The van der Waals surface area contributed by atoms with Gasteiger partial charge >= 0.3 is 0 Å². The third-order valence-corrected chi connectivity index (χ3v) is 5.32. The van der Waals surface area contributed by atoms with E-state index in [0.29, 0.717) is 0 Å². The van der Waals surface area contributed by atoms with E-state index in [4.69, 9.17) is 10.5 Å². The van der Waals surface area contributed by atoms with Crippen molar-refractivity contribution < 1.29 is 13.2 Å². The monoisotopic (exact) mass is 332 g/mol. The van der Waals surface area contributed by atoms with Crippen LogP contribution in [0.15, 0.2) is 53.4 Å². The number of fused-ring (bicyclic) bond motifs is 1. The molecule has 2 atom stereocenters. The van der Waals surface area contributed by atoms with E-state index in [2.05, 4.69) is 4.72 Å². The van der Waals surface area contributed by atoms with Crippen LogP contribution in [0.3, 0.4) is 0 Å². The molecular weight excluding hydrogens is 312 g/mol. The minimum absolute atomic E-state index is 0.0856. The van der Waals surface area contributed by atoms with Gasteiger partial charge < -0.3 is 10.5 Å². The predicted molar refractivity (Wildman–Crippen MR) is 88.8 cm³/mol. The average Bonchev–Trinajstić information content (AvgIpc) is 2.92. The van der Waals surface area contributed by atoms with Gasteiger partial charge in [0, 0.05) is 19.0 Å². The summed E-state index contributed by atoms with van der Waals surface area (Å²) in [5, 5.41) is 0. The molecule has 1 aliphatic rings. The molecule has 5 nitrogen and oxygen atoms in total. The van der Waals surface area contributed by atoms with Crippen LogP contribution in [0.25, 0.3) is 0 Å². The van der Waals surface area contributed by atoms with Gasteiger partial charge in [0.2, 0.25) is 10.0 Å². The fourth-order valence-corrected chi connectivity index (χ4v) is 3.78. The molecule has 0 bridgehead atoms. The van der Waals surface area contributed by atoms with Crippen LogP contribution >= 0.6 is 0 Å². The van der Waals surface area contributed by atoms with Crippen molar-refractivity contribution in [3.8, 4) is 5.75 Å². The van der Waals surface area contributed by atoms with Crippen molar-refractivity contribution in [2.24, 2.45) is 5.73 Å². The second-order valence-corrected chi connectivity index (χ2v) is 7.54. The van der Waals surface area contributed by atoms with Crippen LogP contribution in [0.2, 0.25) is 0 Å². The molecule has 0 saturated carbocycles. The van der Waals surface area contributed by atoms with Gasteiger partial charge in [0.15, 0.2) is 0 Å². The van der Waals surface area contributed by atoms with E-state index < -0.39 is 10.0 Å². The van der Waals surface area contributed by atoms with Crippen LogP contribution in [0.5, 0.6) is 5.75 Å². The van der Waals surface area contributed by atoms with E-state index in [1.54, 1.807) is 18.2 Å². The maximum atomic E-state index is 12.4. The minimum atomic E-state index is -3.59. The molecule has 0 aromatic heterocycles. The number of nitrogens with two attached hydrogens (primary N) is 1. The Morgan fingerprint density at radius 3 is 2.74 bits per heavy atom. The first-order valence-corrected chi connectivity index (χ1v) is 9.04. The molecule has 1 heterocycles. The molecule has 23 heavy (non-hydrogen) atoms. The van der Waals surface area contributed by atoms with E-state index in [0.717, 1.165) is 23.3 Å². The van der Waals surface area contributed by atoms with Gasteiger partial charge in [0.25, 0.3) is 0 Å². The van der Waals surface area contributed by atoms with Crippen LogP contribution in [-0.2, 0) is 16.4 Å². The maximum Gasteiger partial charge on any atom is 0.240 e. The van der Waals surface area contributed by atoms with E-state index in [1.165, 1.54) is 0 Å². The van der Waals surface area contributed by atoms with Gasteiger partial charge in [0.05, 0.1) is 4.90 Å². The second-order valence-electron chi connectivity index (χ2n) is 5.77. The first-order valence-electron chi connectivity index (χ1n) is 7.55. The number of rotatable bonds is 5. The lowest BCUT2D eigenvalue weighted by atomic mass is 10.1. The summed E-state index contributed by atoms with van der Waals surface area (Å²) in [6.07, 6.45) is 0.810. The number of ether oxygens (including phenoxy) is 1. The molecule has 6 heteroatoms. The average molecular weight is 332 g/mol. The molecule has 0 aliphatic carbocycles. The number of hydrogen-bond acceptors (Lipinski definition) is 4. The van der Waals surface area contributed by atoms with Gasteiger partial charge in [-0.25, -0.2) is 13.1 Å². The quantitative estimate of drug-likeness (QED) is 0.877. The van der Waals surface area contributed by atoms with Crippen molar-refractivity contribution in [1.82, 2.24) is 4.72 Å². The van der Waals surface area contributed by atoms with Gasteiger partial charge in [0.1, 0.15) is 11.9 Å². The summed E-state index contributed by atoms with van der Waals surface area (Å²) in [6.45, 7) is 2.11. The highest BCUT2D eigenvalue weighted by Gasteiger charge is 2.23. The fraction of sp³-hybridized carbons (Fsp3) is 0.294. The third-order valence-electron chi connectivity index (χ3n) is 3.90. The molecule has 0 amide bonds. The van der Waals surface area contributed by atoms with E-state index in [9.17, 15) is 8.42 Å². The Labute approximate surface area is 136 Å². The minimum Gasteiger partial charge on any atom is -0.490 e. The summed E-state index contributed by atoms with van der Waals surface area (Å²) < 4.78 is 33.1. The molecule has 0 saturated heterocycles. The van der Waals surface area contributed by atoms with Crippen LogP contribution in [-0.4, -0.2) is 21.1 Å². The third kappa shape index (κ3) is 3.55. The maximum absolute atomic E-state index is 12.4. The van der Waals surface area contributed by atoms with Gasteiger partial charge in [-0.2, -0.15) is 0 Å². The molecule has 0 spiro atoms. The Morgan fingerprint density at radius 2 is 2.00 bits per heavy atom. The van der Waals surface area contributed by atoms with Gasteiger partial charge in [-0.05, 0) is 36.2 Å². The van der Waals surface area contributed by atoms with Crippen LogP contribution < -0.4 is 15.2 Å². The largest absolute Gasteiger partial charge is 0.490 e. The molecule has 3 N–H and O–H groups in total. The second kappa shape index (κ2) is 6.31. The van der Waals surface area contributed by atoms with Crippen LogP contribution in [0.1, 0.15) is 24.1 Å². The summed E-state index contributed by atoms with van der Waals surface area (Å²) >= 11 is 0. The van der Waals surface area contributed by atoms with Crippen molar-refractivity contribution in [2.75, 3.05) is 6.54 Å². The zero-order valence-corrected chi connectivity index (χ0v) is 13.7. The summed E-state index contributed by atoms with van der Waals surface area (Å²) in [5.74, 6) is 0.762. The normalized spacial score (nSPS) is 18.3. The highest BCUT2D eigenvalue weighted by atomic mass is 32.2. The summed E-state index contributed by atoms with van der Waals surface area (Å²) in [4.78, 5) is 0.245. The molecule has 122 valence electrons. The van der Waals surface area contributed by atoms with E-state index in [1.807, 2.05) is 37.3 Å². The topological polar surface area (TPSA) is 81.4 Å².